The zero-order chi connectivity index (χ0) is 12.8. The van der Waals surface area contributed by atoms with E-state index in [0.717, 1.165) is 25.9 Å². The van der Waals surface area contributed by atoms with E-state index in [2.05, 4.69) is 44.6 Å². The fourth-order valence-corrected chi connectivity index (χ4v) is 2.42. The topological polar surface area (TPSA) is 29.9 Å². The summed E-state index contributed by atoms with van der Waals surface area (Å²) >= 11 is 0. The Hall–Kier alpha value is -0.830. The first-order valence-corrected chi connectivity index (χ1v) is 7.01. The first-order chi connectivity index (χ1) is 8.19. The summed E-state index contributed by atoms with van der Waals surface area (Å²) < 4.78 is 2.16. The van der Waals surface area contributed by atoms with Crippen LogP contribution in [-0.4, -0.2) is 16.3 Å². The summed E-state index contributed by atoms with van der Waals surface area (Å²) in [4.78, 5) is 0. The standard InChI is InChI=1S/C14H27N3/c1-6-10-15-11(5)14-12(7-2)16-17(9-4)13(14)8-3/h11,15H,6-10H2,1-5H3. The summed E-state index contributed by atoms with van der Waals surface area (Å²) in [6.45, 7) is 13.1. The highest BCUT2D eigenvalue weighted by Crippen LogP contribution is 2.23. The molecule has 1 aromatic heterocycles. The molecule has 1 rings (SSSR count). The molecule has 1 atom stereocenters. The largest absolute Gasteiger partial charge is 0.310 e. The second kappa shape index (κ2) is 6.80. The van der Waals surface area contributed by atoms with Crippen molar-refractivity contribution < 1.29 is 0 Å². The number of hydrogen-bond acceptors (Lipinski definition) is 2. The van der Waals surface area contributed by atoms with Crippen molar-refractivity contribution in [2.45, 2.75) is 66.5 Å². The molecule has 0 aliphatic carbocycles. The minimum atomic E-state index is 0.417. The van der Waals surface area contributed by atoms with Crippen LogP contribution in [0.4, 0.5) is 0 Å². The first-order valence-electron chi connectivity index (χ1n) is 7.01. The minimum absolute atomic E-state index is 0.417. The third-order valence-electron chi connectivity index (χ3n) is 3.28. The van der Waals surface area contributed by atoms with Gasteiger partial charge in [0.25, 0.3) is 0 Å². The van der Waals surface area contributed by atoms with E-state index in [1.54, 1.807) is 0 Å². The molecule has 0 radical (unpaired) electrons. The normalized spacial score (nSPS) is 13.0. The van der Waals surface area contributed by atoms with Crippen LogP contribution in [0.1, 0.15) is 64.0 Å². The van der Waals surface area contributed by atoms with Crippen LogP contribution >= 0.6 is 0 Å². The summed E-state index contributed by atoms with van der Waals surface area (Å²) in [5.41, 5.74) is 4.10. The Labute approximate surface area is 106 Å². The van der Waals surface area contributed by atoms with Gasteiger partial charge in [-0.15, -0.1) is 0 Å². The lowest BCUT2D eigenvalue weighted by atomic mass is 10.0. The summed E-state index contributed by atoms with van der Waals surface area (Å²) in [7, 11) is 0. The Morgan fingerprint density at radius 3 is 2.35 bits per heavy atom. The second-order valence-corrected chi connectivity index (χ2v) is 4.51. The predicted octanol–water partition coefficient (Wildman–Crippen LogP) is 3.09. The van der Waals surface area contributed by atoms with Gasteiger partial charge >= 0.3 is 0 Å². The number of hydrogen-bond donors (Lipinski definition) is 1. The summed E-state index contributed by atoms with van der Waals surface area (Å²) in [6.07, 6.45) is 3.26. The van der Waals surface area contributed by atoms with Crippen molar-refractivity contribution in [3.8, 4) is 0 Å². The van der Waals surface area contributed by atoms with Crippen molar-refractivity contribution in [1.29, 1.82) is 0 Å². The van der Waals surface area contributed by atoms with Crippen LogP contribution in [0.15, 0.2) is 0 Å². The Balaban J connectivity index is 3.05. The van der Waals surface area contributed by atoms with Crippen molar-refractivity contribution in [1.82, 2.24) is 15.1 Å². The van der Waals surface area contributed by atoms with E-state index < -0.39 is 0 Å². The predicted molar refractivity (Wildman–Crippen MR) is 73.4 cm³/mol. The van der Waals surface area contributed by atoms with E-state index in [1.165, 1.54) is 23.4 Å². The third-order valence-corrected chi connectivity index (χ3v) is 3.28. The lowest BCUT2D eigenvalue weighted by Gasteiger charge is -2.15. The van der Waals surface area contributed by atoms with E-state index in [0.29, 0.717) is 6.04 Å². The molecular weight excluding hydrogens is 210 g/mol. The molecule has 0 fully saturated rings. The molecule has 1 N–H and O–H groups in total. The van der Waals surface area contributed by atoms with Gasteiger partial charge in [-0.25, -0.2) is 0 Å². The van der Waals surface area contributed by atoms with E-state index in [9.17, 15) is 0 Å². The van der Waals surface area contributed by atoms with Crippen molar-refractivity contribution in [2.24, 2.45) is 0 Å². The van der Waals surface area contributed by atoms with Crippen LogP contribution in [0.3, 0.4) is 0 Å². The molecule has 0 spiro atoms. The second-order valence-electron chi connectivity index (χ2n) is 4.51. The van der Waals surface area contributed by atoms with E-state index >= 15 is 0 Å². The molecule has 0 bridgehead atoms. The number of rotatable bonds is 7. The van der Waals surface area contributed by atoms with Gasteiger partial charge in [-0.3, -0.25) is 4.68 Å². The maximum atomic E-state index is 4.72. The van der Waals surface area contributed by atoms with Gasteiger partial charge in [-0.05, 0) is 39.7 Å². The van der Waals surface area contributed by atoms with Gasteiger partial charge in [0.2, 0.25) is 0 Å². The van der Waals surface area contributed by atoms with Crippen molar-refractivity contribution in [3.63, 3.8) is 0 Å². The highest BCUT2D eigenvalue weighted by atomic mass is 15.3. The third kappa shape index (κ3) is 3.09. The fraction of sp³-hybridized carbons (Fsp3) is 0.786. The molecular formula is C14H27N3. The van der Waals surface area contributed by atoms with Crippen molar-refractivity contribution in [3.05, 3.63) is 17.0 Å². The molecule has 0 aromatic carbocycles. The number of nitrogens with zero attached hydrogens (tertiary/aromatic N) is 2. The SMILES string of the molecule is CCCNC(C)c1c(CC)nn(CC)c1CC. The summed E-state index contributed by atoms with van der Waals surface area (Å²) in [5.74, 6) is 0. The van der Waals surface area contributed by atoms with Gasteiger partial charge in [-0.1, -0.05) is 20.8 Å². The Kier molecular flexibility index (Phi) is 5.69. The van der Waals surface area contributed by atoms with Crippen molar-refractivity contribution in [2.75, 3.05) is 6.54 Å². The molecule has 1 heterocycles. The lowest BCUT2D eigenvalue weighted by Crippen LogP contribution is -2.21. The van der Waals surface area contributed by atoms with Crippen LogP contribution < -0.4 is 5.32 Å². The Morgan fingerprint density at radius 2 is 1.88 bits per heavy atom. The van der Waals surface area contributed by atoms with Crippen LogP contribution in [0.25, 0.3) is 0 Å². The molecule has 1 aromatic rings. The monoisotopic (exact) mass is 237 g/mol. The quantitative estimate of drug-likeness (QED) is 0.790. The zero-order valence-corrected chi connectivity index (χ0v) is 12.0. The van der Waals surface area contributed by atoms with Gasteiger partial charge in [0.1, 0.15) is 0 Å². The number of aryl methyl sites for hydroxylation is 2. The molecule has 98 valence electrons. The number of aromatic nitrogens is 2. The fourth-order valence-electron chi connectivity index (χ4n) is 2.42. The number of nitrogens with one attached hydrogen (secondary N) is 1. The summed E-state index contributed by atoms with van der Waals surface area (Å²) in [6, 6.07) is 0.417. The molecule has 0 saturated carbocycles. The molecule has 3 nitrogen and oxygen atoms in total. The molecule has 0 saturated heterocycles. The van der Waals surface area contributed by atoms with Gasteiger partial charge < -0.3 is 5.32 Å². The molecule has 0 aliphatic heterocycles. The van der Waals surface area contributed by atoms with Crippen LogP contribution in [0.2, 0.25) is 0 Å². The smallest absolute Gasteiger partial charge is 0.0672 e. The average Bonchev–Trinajstić information content (AvgIpc) is 2.73. The molecule has 1 unspecified atom stereocenters. The maximum Gasteiger partial charge on any atom is 0.0672 e. The molecule has 0 amide bonds. The van der Waals surface area contributed by atoms with Crippen LogP contribution in [0.5, 0.6) is 0 Å². The average molecular weight is 237 g/mol. The molecule has 3 heteroatoms. The van der Waals surface area contributed by atoms with Gasteiger partial charge in [0, 0.05) is 23.8 Å². The first kappa shape index (κ1) is 14.2. The van der Waals surface area contributed by atoms with Gasteiger partial charge in [-0.2, -0.15) is 5.10 Å². The van der Waals surface area contributed by atoms with E-state index in [1.807, 2.05) is 0 Å². The van der Waals surface area contributed by atoms with Crippen LogP contribution in [-0.2, 0) is 19.4 Å². The van der Waals surface area contributed by atoms with Crippen LogP contribution in [0, 0.1) is 0 Å². The lowest BCUT2D eigenvalue weighted by molar-refractivity contribution is 0.559. The zero-order valence-electron chi connectivity index (χ0n) is 12.0. The van der Waals surface area contributed by atoms with Gasteiger partial charge in [0.15, 0.2) is 0 Å². The minimum Gasteiger partial charge on any atom is -0.310 e. The maximum absolute atomic E-state index is 4.72. The van der Waals surface area contributed by atoms with E-state index in [4.69, 9.17) is 5.10 Å². The Morgan fingerprint density at radius 1 is 1.18 bits per heavy atom. The van der Waals surface area contributed by atoms with Gasteiger partial charge in [0.05, 0.1) is 5.69 Å². The molecule has 17 heavy (non-hydrogen) atoms. The van der Waals surface area contributed by atoms with E-state index in [-0.39, 0.29) is 0 Å². The summed E-state index contributed by atoms with van der Waals surface area (Å²) in [5, 5.41) is 8.31. The highest BCUT2D eigenvalue weighted by molar-refractivity contribution is 5.30. The van der Waals surface area contributed by atoms with Crippen molar-refractivity contribution >= 4 is 0 Å². The highest BCUT2D eigenvalue weighted by Gasteiger charge is 2.19. The Bertz CT molecular complexity index is 341. The molecule has 0 aliphatic rings.